The van der Waals surface area contributed by atoms with E-state index in [-0.39, 0.29) is 11.6 Å². The molecule has 0 radical (unpaired) electrons. The van der Waals surface area contributed by atoms with Crippen LogP contribution >= 0.6 is 0 Å². The van der Waals surface area contributed by atoms with Gasteiger partial charge in [0.05, 0.1) is 0 Å². The molecule has 0 aliphatic rings. The van der Waals surface area contributed by atoms with Crippen molar-refractivity contribution in [2.45, 2.75) is 26.4 Å². The van der Waals surface area contributed by atoms with Crippen LogP contribution in [0.15, 0.2) is 78.9 Å². The Morgan fingerprint density at radius 3 is 1.61 bits per heavy atom. The van der Waals surface area contributed by atoms with Gasteiger partial charge in [0, 0.05) is 22.3 Å². The van der Waals surface area contributed by atoms with Gasteiger partial charge in [-0.1, -0.05) is 54.6 Å². The van der Waals surface area contributed by atoms with Gasteiger partial charge in [0.2, 0.25) is 0 Å². The van der Waals surface area contributed by atoms with Crippen molar-refractivity contribution in [3.63, 3.8) is 0 Å². The van der Waals surface area contributed by atoms with E-state index in [9.17, 15) is 9.59 Å². The van der Waals surface area contributed by atoms with Gasteiger partial charge in [-0.25, -0.2) is 0 Å². The summed E-state index contributed by atoms with van der Waals surface area (Å²) in [6.45, 7) is 5.64. The molecular weight excluding hydrogens is 352 g/mol. The van der Waals surface area contributed by atoms with E-state index in [0.29, 0.717) is 28.0 Å². The van der Waals surface area contributed by atoms with Crippen molar-refractivity contribution in [3.8, 4) is 5.75 Å². The molecule has 0 fully saturated rings. The van der Waals surface area contributed by atoms with Crippen LogP contribution < -0.4 is 4.89 Å². The zero-order chi connectivity index (χ0) is 20.1. The zero-order valence-corrected chi connectivity index (χ0v) is 16.1. The first kappa shape index (κ1) is 19.5. The Hall–Kier alpha value is -3.24. The summed E-state index contributed by atoms with van der Waals surface area (Å²) < 4.78 is 0. The van der Waals surface area contributed by atoms with Crippen LogP contribution in [0.25, 0.3) is 0 Å². The van der Waals surface area contributed by atoms with E-state index in [1.165, 1.54) is 0 Å². The van der Waals surface area contributed by atoms with Crippen molar-refractivity contribution in [1.82, 2.24) is 0 Å². The number of carbonyl (C=O) groups is 2. The summed E-state index contributed by atoms with van der Waals surface area (Å²) in [5.74, 6) is 0.103. The van der Waals surface area contributed by atoms with Crippen LogP contribution in [-0.2, 0) is 4.89 Å². The molecule has 3 aromatic rings. The van der Waals surface area contributed by atoms with Crippen LogP contribution in [0.1, 0.15) is 52.6 Å². The van der Waals surface area contributed by atoms with Gasteiger partial charge in [-0.05, 0) is 45.0 Å². The lowest BCUT2D eigenvalue weighted by molar-refractivity contribution is -0.274. The lowest BCUT2D eigenvalue weighted by Crippen LogP contribution is -2.21. The van der Waals surface area contributed by atoms with E-state index in [1.54, 1.807) is 72.8 Å². The van der Waals surface area contributed by atoms with Crippen molar-refractivity contribution < 1.29 is 19.4 Å². The molecule has 142 valence electrons. The maximum Gasteiger partial charge on any atom is 0.193 e. The maximum absolute atomic E-state index is 13.0. The molecule has 0 aliphatic heterocycles. The van der Waals surface area contributed by atoms with Crippen molar-refractivity contribution in [2.75, 3.05) is 0 Å². The van der Waals surface area contributed by atoms with E-state index in [2.05, 4.69) is 0 Å². The van der Waals surface area contributed by atoms with Crippen molar-refractivity contribution >= 4 is 11.6 Å². The first-order valence-electron chi connectivity index (χ1n) is 9.04. The van der Waals surface area contributed by atoms with Gasteiger partial charge in [0.25, 0.3) is 0 Å². The lowest BCUT2D eigenvalue weighted by atomic mass is 9.93. The average Bonchev–Trinajstić information content (AvgIpc) is 2.72. The van der Waals surface area contributed by atoms with E-state index in [1.807, 2.05) is 26.8 Å². The zero-order valence-electron chi connectivity index (χ0n) is 16.1. The summed E-state index contributed by atoms with van der Waals surface area (Å²) >= 11 is 0. The van der Waals surface area contributed by atoms with Crippen LogP contribution in [0.4, 0.5) is 0 Å². The summed E-state index contributed by atoms with van der Waals surface area (Å²) in [5.41, 5.74) is 1.33. The monoisotopic (exact) mass is 374 g/mol. The fraction of sp³-hybridized carbons (Fsp3) is 0.167. The highest BCUT2D eigenvalue weighted by Gasteiger charge is 2.19. The second-order valence-corrected chi connectivity index (χ2v) is 7.37. The van der Waals surface area contributed by atoms with Gasteiger partial charge in [-0.3, -0.25) is 9.59 Å². The molecule has 0 unspecified atom stereocenters. The van der Waals surface area contributed by atoms with Gasteiger partial charge in [-0.2, -0.15) is 4.89 Å². The number of rotatable bonds is 6. The second-order valence-electron chi connectivity index (χ2n) is 7.37. The third-order valence-corrected chi connectivity index (χ3v) is 3.96. The van der Waals surface area contributed by atoms with Crippen molar-refractivity contribution in [3.05, 3.63) is 101 Å². The Balaban J connectivity index is 1.84. The Morgan fingerprint density at radius 1 is 0.643 bits per heavy atom. The molecule has 0 aliphatic carbocycles. The third-order valence-electron chi connectivity index (χ3n) is 3.96. The molecule has 4 nitrogen and oxygen atoms in total. The summed E-state index contributed by atoms with van der Waals surface area (Å²) in [6, 6.07) is 22.4. The topological polar surface area (TPSA) is 52.6 Å². The first-order chi connectivity index (χ1) is 13.3. The number of ketones is 2. The summed E-state index contributed by atoms with van der Waals surface area (Å²) in [7, 11) is 0. The van der Waals surface area contributed by atoms with Crippen LogP contribution in [0, 0.1) is 0 Å². The number of hydrogen-bond donors (Lipinski definition) is 0. The molecule has 28 heavy (non-hydrogen) atoms. The molecule has 0 heterocycles. The highest BCUT2D eigenvalue weighted by atomic mass is 17.2. The number of hydrogen-bond acceptors (Lipinski definition) is 4. The van der Waals surface area contributed by atoms with E-state index >= 15 is 0 Å². The fourth-order valence-electron chi connectivity index (χ4n) is 2.61. The molecule has 0 aromatic heterocycles. The van der Waals surface area contributed by atoms with Gasteiger partial charge < -0.3 is 4.89 Å². The molecule has 0 bridgehead atoms. The minimum absolute atomic E-state index is 0.178. The summed E-state index contributed by atoms with van der Waals surface area (Å²) in [6.07, 6.45) is 0. The minimum atomic E-state index is -0.439. The van der Waals surface area contributed by atoms with Crippen LogP contribution in [0.3, 0.4) is 0 Å². The third kappa shape index (κ3) is 4.72. The molecule has 3 aromatic carbocycles. The predicted molar refractivity (Wildman–Crippen MR) is 108 cm³/mol. The smallest absolute Gasteiger partial charge is 0.193 e. The number of carbonyl (C=O) groups excluding carboxylic acids is 2. The molecule has 0 saturated carbocycles. The van der Waals surface area contributed by atoms with Gasteiger partial charge in [-0.15, -0.1) is 0 Å². The normalized spacial score (nSPS) is 11.1. The Kier molecular flexibility index (Phi) is 5.71. The van der Waals surface area contributed by atoms with Gasteiger partial charge in [0.1, 0.15) is 5.60 Å². The van der Waals surface area contributed by atoms with Crippen LogP contribution in [0.5, 0.6) is 5.75 Å². The van der Waals surface area contributed by atoms with Gasteiger partial charge >= 0.3 is 0 Å². The quantitative estimate of drug-likeness (QED) is 0.336. The minimum Gasteiger partial charge on any atom is -0.337 e. The average molecular weight is 374 g/mol. The van der Waals surface area contributed by atoms with E-state index < -0.39 is 5.60 Å². The lowest BCUT2D eigenvalue weighted by Gasteiger charge is -2.17. The van der Waals surface area contributed by atoms with Crippen molar-refractivity contribution in [1.29, 1.82) is 0 Å². The summed E-state index contributed by atoms with van der Waals surface area (Å²) in [4.78, 5) is 36.4. The maximum atomic E-state index is 13.0. The molecule has 0 N–H and O–H groups in total. The molecule has 3 rings (SSSR count). The molecule has 4 heteroatoms. The molecule has 0 atom stereocenters. The van der Waals surface area contributed by atoms with Crippen LogP contribution in [-0.4, -0.2) is 17.2 Å². The Labute approximate surface area is 164 Å². The Morgan fingerprint density at radius 2 is 1.11 bits per heavy atom. The molecule has 0 saturated heterocycles. The molecular formula is C24H22O4. The van der Waals surface area contributed by atoms with Crippen LogP contribution in [0.2, 0.25) is 0 Å². The Bertz CT molecular complexity index is 967. The predicted octanol–water partition coefficient (Wildman–Crippen LogP) is 5.26. The second kappa shape index (κ2) is 8.19. The summed E-state index contributed by atoms with van der Waals surface area (Å²) in [5, 5.41) is 0. The number of benzene rings is 3. The highest BCUT2D eigenvalue weighted by Crippen LogP contribution is 2.21. The SMILES string of the molecule is CC(C)(C)OOc1ccc(C(=O)c2ccccc2C(=O)c2ccccc2)cc1. The fourth-order valence-corrected chi connectivity index (χ4v) is 2.61. The molecule has 0 spiro atoms. The van der Waals surface area contributed by atoms with Gasteiger partial charge in [0.15, 0.2) is 17.3 Å². The first-order valence-corrected chi connectivity index (χ1v) is 9.04. The van der Waals surface area contributed by atoms with E-state index in [0.717, 1.165) is 0 Å². The molecule has 0 amide bonds. The van der Waals surface area contributed by atoms with Crippen molar-refractivity contribution in [2.24, 2.45) is 0 Å². The largest absolute Gasteiger partial charge is 0.337 e. The van der Waals surface area contributed by atoms with E-state index in [4.69, 9.17) is 9.78 Å². The standard InChI is InChI=1S/C24H22O4/c1-24(2,3)28-27-19-15-13-18(14-16-19)23(26)21-12-8-7-11-20(21)22(25)17-9-5-4-6-10-17/h4-16H,1-3H3. The highest BCUT2D eigenvalue weighted by molar-refractivity contribution is 6.19.